The highest BCUT2D eigenvalue weighted by molar-refractivity contribution is 7.97. The zero-order valence-electron chi connectivity index (χ0n) is 20.0. The van der Waals surface area contributed by atoms with E-state index in [2.05, 4.69) is 14.7 Å². The Kier molecular flexibility index (Phi) is 7.95. The Morgan fingerprint density at radius 1 is 1.13 bits per heavy atom. The van der Waals surface area contributed by atoms with Gasteiger partial charge in [0.25, 0.3) is 5.56 Å². The summed E-state index contributed by atoms with van der Waals surface area (Å²) in [6, 6.07) is 6.22. The number of nitrogens with two attached hydrogens (primary N) is 2. The van der Waals surface area contributed by atoms with Gasteiger partial charge in [-0.15, -0.1) is 0 Å². The minimum Gasteiger partial charge on any atom is -0.386 e. The van der Waals surface area contributed by atoms with E-state index in [0.717, 1.165) is 40.8 Å². The lowest BCUT2D eigenvalue weighted by Crippen LogP contribution is -2.31. The number of rotatable bonds is 7. The van der Waals surface area contributed by atoms with Gasteiger partial charge in [0.15, 0.2) is 0 Å². The van der Waals surface area contributed by atoms with Crippen molar-refractivity contribution in [3.8, 4) is 5.69 Å². The van der Waals surface area contributed by atoms with Gasteiger partial charge in [-0.1, -0.05) is 11.6 Å². The fraction of sp³-hybridized carbons (Fsp3) is 0.160. The smallest absolute Gasteiger partial charge is 0.269 e. The van der Waals surface area contributed by atoms with Crippen molar-refractivity contribution in [1.82, 2.24) is 9.55 Å². The first-order valence-electron chi connectivity index (χ1n) is 11.1. The Hall–Kier alpha value is -3.61. The third kappa shape index (κ3) is 5.06. The van der Waals surface area contributed by atoms with Crippen molar-refractivity contribution < 1.29 is 17.6 Å². The minimum atomic E-state index is -1.18. The van der Waals surface area contributed by atoms with Crippen LogP contribution in [0.4, 0.5) is 23.2 Å². The first kappa shape index (κ1) is 27.4. The standard InChI is InChI=1S/C25H21ClF4N6OS/c1-33-22-18(6-3-14(26)19(22)23(32)35-38-2)36-24(17(31)9-11-7-12(27)10-13(28)8-11)34-21-16(30)5-4-15(29)20(21)25(36)37/h3-8,10,17,33H,9,31H2,1-2H3,(H2,32,35). The Morgan fingerprint density at radius 3 is 2.42 bits per heavy atom. The number of hydrogen-bond acceptors (Lipinski definition) is 6. The molecule has 7 nitrogen and oxygen atoms in total. The van der Waals surface area contributed by atoms with Crippen molar-refractivity contribution >= 4 is 46.0 Å². The van der Waals surface area contributed by atoms with Crippen LogP contribution in [0.3, 0.4) is 0 Å². The van der Waals surface area contributed by atoms with Crippen molar-refractivity contribution in [3.63, 3.8) is 0 Å². The molecule has 13 heteroatoms. The number of halogens is 5. The number of nitrogens with zero attached hydrogens (tertiary/aromatic N) is 3. The van der Waals surface area contributed by atoms with Crippen LogP contribution >= 0.6 is 23.5 Å². The van der Waals surface area contributed by atoms with E-state index in [0.29, 0.717) is 6.07 Å². The van der Waals surface area contributed by atoms with E-state index >= 15 is 0 Å². The molecule has 0 amide bonds. The number of nitrogens with one attached hydrogen (secondary N) is 1. The molecule has 0 bridgehead atoms. The second-order valence-electron chi connectivity index (χ2n) is 8.18. The monoisotopic (exact) mass is 564 g/mol. The zero-order valence-corrected chi connectivity index (χ0v) is 21.6. The molecule has 4 rings (SSSR count). The average molecular weight is 565 g/mol. The molecule has 0 aliphatic rings. The maximum atomic E-state index is 14.8. The Labute approximate surface area is 223 Å². The molecule has 3 aromatic carbocycles. The van der Waals surface area contributed by atoms with Crippen molar-refractivity contribution in [1.29, 1.82) is 0 Å². The quantitative estimate of drug-likeness (QED) is 0.128. The van der Waals surface area contributed by atoms with E-state index in [-0.39, 0.29) is 45.6 Å². The SMILES string of the molecule is CNc1c(-n2c(C(N)Cc3cc(F)cc(F)c3)nc3c(F)ccc(F)c3c2=O)ccc(Cl)c1/C(N)=N/SC. The van der Waals surface area contributed by atoms with E-state index in [4.69, 9.17) is 23.1 Å². The molecule has 0 saturated heterocycles. The highest BCUT2D eigenvalue weighted by atomic mass is 35.5. The van der Waals surface area contributed by atoms with Gasteiger partial charge in [-0.25, -0.2) is 22.5 Å². The Balaban J connectivity index is 2.07. The first-order valence-corrected chi connectivity index (χ1v) is 12.6. The van der Waals surface area contributed by atoms with Crippen LogP contribution in [-0.2, 0) is 6.42 Å². The molecule has 1 aromatic heterocycles. The first-order chi connectivity index (χ1) is 18.1. The van der Waals surface area contributed by atoms with Crippen LogP contribution in [0.2, 0.25) is 5.02 Å². The van der Waals surface area contributed by atoms with Crippen molar-refractivity contribution in [2.45, 2.75) is 12.5 Å². The van der Waals surface area contributed by atoms with Gasteiger partial charge < -0.3 is 16.8 Å². The van der Waals surface area contributed by atoms with Gasteiger partial charge >= 0.3 is 0 Å². The molecular weight excluding hydrogens is 544 g/mol. The van der Waals surface area contributed by atoms with Gasteiger partial charge in [0, 0.05) is 19.4 Å². The average Bonchev–Trinajstić information content (AvgIpc) is 2.85. The van der Waals surface area contributed by atoms with Crippen LogP contribution in [-0.4, -0.2) is 28.7 Å². The summed E-state index contributed by atoms with van der Waals surface area (Å²) in [5, 5.41) is 2.52. The molecular formula is C25H21ClF4N6OS. The summed E-state index contributed by atoms with van der Waals surface area (Å²) < 4.78 is 62.3. The summed E-state index contributed by atoms with van der Waals surface area (Å²) in [5.41, 5.74) is 11.8. The number of anilines is 1. The molecule has 0 radical (unpaired) electrons. The molecule has 0 aliphatic heterocycles. The molecule has 38 heavy (non-hydrogen) atoms. The molecule has 0 spiro atoms. The second kappa shape index (κ2) is 11.0. The molecule has 5 N–H and O–H groups in total. The highest BCUT2D eigenvalue weighted by Gasteiger charge is 2.26. The fourth-order valence-corrected chi connectivity index (χ4v) is 4.73. The molecule has 1 heterocycles. The molecule has 4 aromatic rings. The van der Waals surface area contributed by atoms with Crippen molar-refractivity contribution in [2.75, 3.05) is 18.6 Å². The van der Waals surface area contributed by atoms with E-state index in [1.54, 1.807) is 13.3 Å². The molecule has 0 fully saturated rings. The Morgan fingerprint density at radius 2 is 1.79 bits per heavy atom. The van der Waals surface area contributed by atoms with E-state index < -0.39 is 45.8 Å². The van der Waals surface area contributed by atoms with E-state index in [1.807, 2.05) is 0 Å². The van der Waals surface area contributed by atoms with Gasteiger partial charge in [0.2, 0.25) is 0 Å². The summed E-state index contributed by atoms with van der Waals surface area (Å²) in [7, 11) is 1.54. The van der Waals surface area contributed by atoms with E-state index in [9.17, 15) is 22.4 Å². The third-order valence-electron chi connectivity index (χ3n) is 5.73. The lowest BCUT2D eigenvalue weighted by Gasteiger charge is -2.22. The van der Waals surface area contributed by atoms with Crippen molar-refractivity contribution in [2.24, 2.45) is 15.9 Å². The van der Waals surface area contributed by atoms with Gasteiger partial charge in [-0.3, -0.25) is 9.36 Å². The third-order valence-corrected chi connectivity index (χ3v) is 6.42. The summed E-state index contributed by atoms with van der Waals surface area (Å²) >= 11 is 7.48. The summed E-state index contributed by atoms with van der Waals surface area (Å²) in [6.07, 6.45) is 1.50. The number of fused-ring (bicyclic) bond motifs is 1. The minimum absolute atomic E-state index is 0.0359. The number of aromatic nitrogens is 2. The maximum Gasteiger partial charge on any atom is 0.269 e. The maximum absolute atomic E-state index is 14.8. The Bertz CT molecular complexity index is 1620. The normalized spacial score (nSPS) is 12.7. The van der Waals surface area contributed by atoms with Crippen LogP contribution in [0.5, 0.6) is 0 Å². The molecule has 0 aliphatic carbocycles. The van der Waals surface area contributed by atoms with Crippen LogP contribution in [0.25, 0.3) is 16.6 Å². The van der Waals surface area contributed by atoms with Crippen LogP contribution in [0, 0.1) is 23.3 Å². The molecule has 1 atom stereocenters. The van der Waals surface area contributed by atoms with Crippen LogP contribution in [0.15, 0.2) is 51.7 Å². The van der Waals surface area contributed by atoms with Gasteiger partial charge in [0.1, 0.15) is 45.8 Å². The van der Waals surface area contributed by atoms with Crippen molar-refractivity contribution in [3.05, 3.63) is 98.1 Å². The fourth-order valence-electron chi connectivity index (χ4n) is 4.19. The predicted octanol–water partition coefficient (Wildman–Crippen LogP) is 4.86. The number of benzene rings is 3. The molecule has 0 saturated carbocycles. The van der Waals surface area contributed by atoms with E-state index in [1.165, 1.54) is 12.1 Å². The topological polar surface area (TPSA) is 111 Å². The molecule has 198 valence electrons. The van der Waals surface area contributed by atoms with Gasteiger partial charge in [-0.05, 0) is 60.3 Å². The zero-order chi connectivity index (χ0) is 27.7. The van der Waals surface area contributed by atoms with Gasteiger partial charge in [-0.2, -0.15) is 4.40 Å². The van der Waals surface area contributed by atoms with Gasteiger partial charge in [0.05, 0.1) is 28.0 Å². The summed E-state index contributed by atoms with van der Waals surface area (Å²) in [5.74, 6) is -3.75. The second-order valence-corrected chi connectivity index (χ2v) is 9.13. The van der Waals surface area contributed by atoms with Crippen LogP contribution < -0.4 is 22.3 Å². The lowest BCUT2D eigenvalue weighted by molar-refractivity contribution is 0.571. The predicted molar refractivity (Wildman–Crippen MR) is 143 cm³/mol. The van der Waals surface area contributed by atoms with Crippen LogP contribution in [0.1, 0.15) is 23.0 Å². The summed E-state index contributed by atoms with van der Waals surface area (Å²) in [6.45, 7) is 0. The molecule has 1 unspecified atom stereocenters. The highest BCUT2D eigenvalue weighted by Crippen LogP contribution is 2.33. The summed E-state index contributed by atoms with van der Waals surface area (Å²) in [4.78, 5) is 18.0. The number of hydrogen-bond donors (Lipinski definition) is 3. The lowest BCUT2D eigenvalue weighted by atomic mass is 10.0. The number of amidine groups is 1. The largest absolute Gasteiger partial charge is 0.386 e.